The first kappa shape index (κ1) is 25.1. The third kappa shape index (κ3) is 3.92. The normalized spacial score (nSPS) is 21.2. The van der Waals surface area contributed by atoms with E-state index in [2.05, 4.69) is 30.5 Å². The highest BCUT2D eigenvalue weighted by Gasteiger charge is 2.45. The zero-order valence-electron chi connectivity index (χ0n) is 22.0. The van der Waals surface area contributed by atoms with E-state index in [0.29, 0.717) is 39.8 Å². The van der Waals surface area contributed by atoms with E-state index < -0.39 is 5.82 Å². The maximum Gasteiger partial charge on any atom is 0.319 e. The summed E-state index contributed by atoms with van der Waals surface area (Å²) in [5.41, 5.74) is 2.09. The molecule has 38 heavy (non-hydrogen) atoms. The Bertz CT molecular complexity index is 1540. The van der Waals surface area contributed by atoms with Gasteiger partial charge in [0.2, 0.25) is 5.88 Å². The molecule has 1 aliphatic carbocycles. The van der Waals surface area contributed by atoms with Crippen LogP contribution >= 0.6 is 11.6 Å². The van der Waals surface area contributed by atoms with Crippen molar-refractivity contribution in [2.75, 3.05) is 39.3 Å². The molecule has 0 bridgehead atoms. The van der Waals surface area contributed by atoms with Gasteiger partial charge in [0.15, 0.2) is 5.82 Å². The van der Waals surface area contributed by atoms with Crippen LogP contribution in [0.5, 0.6) is 11.9 Å². The summed E-state index contributed by atoms with van der Waals surface area (Å²) in [5.74, 6) is 0.0417. The van der Waals surface area contributed by atoms with Crippen LogP contribution < -0.4 is 19.7 Å². The van der Waals surface area contributed by atoms with Gasteiger partial charge in [-0.1, -0.05) is 18.0 Å². The third-order valence-electron chi connectivity index (χ3n) is 8.07. The Labute approximate surface area is 225 Å². The molecule has 9 nitrogen and oxygen atoms in total. The van der Waals surface area contributed by atoms with Crippen LogP contribution in [0.25, 0.3) is 33.1 Å². The van der Waals surface area contributed by atoms with Crippen molar-refractivity contribution in [3.8, 4) is 23.1 Å². The number of ether oxygens (including phenoxy) is 2. The second kappa shape index (κ2) is 9.50. The first-order chi connectivity index (χ1) is 18.3. The fraction of sp³-hybridized carbons (Fsp3) is 0.481. The fourth-order valence-corrected chi connectivity index (χ4v) is 6.41. The van der Waals surface area contributed by atoms with Gasteiger partial charge in [0.05, 0.1) is 30.5 Å². The number of hydrogen-bond donors (Lipinski definition) is 2. The highest BCUT2D eigenvalue weighted by molar-refractivity contribution is 6.35. The number of anilines is 1. The van der Waals surface area contributed by atoms with Crippen LogP contribution in [0, 0.1) is 18.2 Å². The van der Waals surface area contributed by atoms with E-state index in [-0.39, 0.29) is 28.5 Å². The van der Waals surface area contributed by atoms with Crippen LogP contribution in [0.1, 0.15) is 37.7 Å². The second-order valence-corrected chi connectivity index (χ2v) is 11.0. The summed E-state index contributed by atoms with van der Waals surface area (Å²) in [5, 5.41) is 12.1. The van der Waals surface area contributed by atoms with Crippen molar-refractivity contribution in [1.82, 2.24) is 30.5 Å². The molecule has 1 aromatic carbocycles. The molecule has 11 heteroatoms. The lowest BCUT2D eigenvalue weighted by Gasteiger charge is -2.39. The molecule has 0 unspecified atom stereocenters. The van der Waals surface area contributed by atoms with Crippen LogP contribution in [-0.4, -0.2) is 65.5 Å². The SMILES string of the molecule is COc1nc(-c2c(Cl)c(C)cc3[nH]ncc23)c(F)c2nc(OC[C@@]34CCCN[C@@H]3CCC4)nc(N(C)C)c12. The van der Waals surface area contributed by atoms with E-state index in [1.54, 1.807) is 11.1 Å². The number of piperidine rings is 1. The summed E-state index contributed by atoms with van der Waals surface area (Å²) in [4.78, 5) is 15.6. The third-order valence-corrected chi connectivity index (χ3v) is 8.56. The van der Waals surface area contributed by atoms with Crippen molar-refractivity contribution in [2.45, 2.75) is 45.1 Å². The van der Waals surface area contributed by atoms with E-state index in [1.807, 2.05) is 27.1 Å². The molecule has 1 aliphatic heterocycles. The molecule has 2 fully saturated rings. The topological polar surface area (TPSA) is 101 Å². The zero-order chi connectivity index (χ0) is 26.6. The standard InChI is InChI=1S/C27H31ClFN7O2/c1-14-11-16-15(12-31-35-16)18(20(14)28)22-21(29)23-19(25(32-22)37-4)24(36(2)3)34-26(33-23)38-13-27-8-5-7-17(27)30-10-6-9-27/h11-12,17,30H,5-10,13H2,1-4H3,(H,31,35)/t17-,27-/m1/s1. The summed E-state index contributed by atoms with van der Waals surface area (Å²) in [6.45, 7) is 3.38. The molecular formula is C27H31ClFN7O2. The molecular weight excluding hydrogens is 509 g/mol. The maximum atomic E-state index is 16.5. The molecule has 200 valence electrons. The number of aromatic nitrogens is 5. The highest BCUT2D eigenvalue weighted by Crippen LogP contribution is 2.45. The predicted octanol–water partition coefficient (Wildman–Crippen LogP) is 5.04. The summed E-state index contributed by atoms with van der Waals surface area (Å²) < 4.78 is 28.4. The van der Waals surface area contributed by atoms with Crippen molar-refractivity contribution in [3.05, 3.63) is 28.7 Å². The van der Waals surface area contributed by atoms with Crippen molar-refractivity contribution in [2.24, 2.45) is 5.41 Å². The minimum absolute atomic E-state index is 0.0368. The molecule has 0 radical (unpaired) electrons. The number of pyridine rings is 1. The smallest absolute Gasteiger partial charge is 0.319 e. The van der Waals surface area contributed by atoms with Gasteiger partial charge in [0.1, 0.15) is 22.4 Å². The highest BCUT2D eigenvalue weighted by atomic mass is 35.5. The Hall–Kier alpha value is -3.24. The second-order valence-electron chi connectivity index (χ2n) is 10.6. The van der Waals surface area contributed by atoms with E-state index in [9.17, 15) is 0 Å². The van der Waals surface area contributed by atoms with Gasteiger partial charge in [-0.15, -0.1) is 0 Å². The monoisotopic (exact) mass is 539 g/mol. The minimum atomic E-state index is -0.623. The number of nitrogens with one attached hydrogen (secondary N) is 2. The minimum Gasteiger partial charge on any atom is -0.480 e. The molecule has 0 spiro atoms. The summed E-state index contributed by atoms with van der Waals surface area (Å²) in [6, 6.07) is 2.44. The molecule has 0 amide bonds. The van der Waals surface area contributed by atoms with Crippen molar-refractivity contribution < 1.29 is 13.9 Å². The van der Waals surface area contributed by atoms with Gasteiger partial charge in [-0.05, 0) is 50.8 Å². The Kier molecular flexibility index (Phi) is 6.26. The number of rotatable bonds is 6. The molecule has 1 saturated heterocycles. The van der Waals surface area contributed by atoms with E-state index in [4.69, 9.17) is 21.1 Å². The lowest BCUT2D eigenvalue weighted by atomic mass is 9.76. The van der Waals surface area contributed by atoms with E-state index in [1.165, 1.54) is 13.5 Å². The zero-order valence-corrected chi connectivity index (χ0v) is 22.7. The first-order valence-electron chi connectivity index (χ1n) is 12.9. The number of H-pyrrole nitrogens is 1. The first-order valence-corrected chi connectivity index (χ1v) is 13.3. The van der Waals surface area contributed by atoms with Gasteiger partial charge in [0.25, 0.3) is 0 Å². The van der Waals surface area contributed by atoms with Crippen LogP contribution in [0.15, 0.2) is 12.3 Å². The Morgan fingerprint density at radius 2 is 2.03 bits per heavy atom. The summed E-state index contributed by atoms with van der Waals surface area (Å²) >= 11 is 6.72. The van der Waals surface area contributed by atoms with Gasteiger partial charge in [-0.25, -0.2) is 9.37 Å². The summed E-state index contributed by atoms with van der Waals surface area (Å²) in [6.07, 6.45) is 7.24. The van der Waals surface area contributed by atoms with Crippen molar-refractivity contribution >= 4 is 39.2 Å². The molecule has 2 N–H and O–H groups in total. The van der Waals surface area contributed by atoms with Crippen molar-refractivity contribution in [1.29, 1.82) is 0 Å². The van der Waals surface area contributed by atoms with E-state index in [0.717, 1.165) is 43.3 Å². The lowest BCUT2D eigenvalue weighted by molar-refractivity contribution is 0.0799. The molecule has 1 saturated carbocycles. The van der Waals surface area contributed by atoms with Crippen LogP contribution in [-0.2, 0) is 0 Å². The van der Waals surface area contributed by atoms with Crippen molar-refractivity contribution in [3.63, 3.8) is 0 Å². The largest absolute Gasteiger partial charge is 0.480 e. The number of methoxy groups -OCH3 is 1. The number of nitrogens with zero attached hydrogens (tertiary/aromatic N) is 5. The van der Waals surface area contributed by atoms with Gasteiger partial charge in [-0.3, -0.25) is 5.10 Å². The van der Waals surface area contributed by atoms with Gasteiger partial charge < -0.3 is 19.7 Å². The number of halogens is 2. The Morgan fingerprint density at radius 3 is 2.82 bits per heavy atom. The molecule has 4 aromatic rings. The molecule has 4 heterocycles. The summed E-state index contributed by atoms with van der Waals surface area (Å²) in [7, 11) is 5.16. The number of aromatic amines is 1. The average Bonchev–Trinajstić information content (AvgIpc) is 3.55. The lowest BCUT2D eigenvalue weighted by Crippen LogP contribution is -2.49. The predicted molar refractivity (Wildman–Crippen MR) is 146 cm³/mol. The number of fused-ring (bicyclic) bond motifs is 3. The molecule has 2 aliphatic rings. The van der Waals surface area contributed by atoms with Crippen LogP contribution in [0.2, 0.25) is 5.02 Å². The molecule has 3 aromatic heterocycles. The number of benzene rings is 1. The van der Waals surface area contributed by atoms with Gasteiger partial charge in [0, 0.05) is 36.5 Å². The number of aryl methyl sites for hydroxylation is 1. The quantitative estimate of drug-likeness (QED) is 0.351. The van der Waals surface area contributed by atoms with Crippen LogP contribution in [0.3, 0.4) is 0 Å². The van der Waals surface area contributed by atoms with E-state index >= 15 is 4.39 Å². The Morgan fingerprint density at radius 1 is 1.21 bits per heavy atom. The Balaban J connectivity index is 1.52. The fourth-order valence-electron chi connectivity index (χ4n) is 6.16. The molecule has 6 rings (SSSR count). The van der Waals surface area contributed by atoms with Crippen LogP contribution in [0.4, 0.5) is 10.2 Å². The average molecular weight is 540 g/mol. The van der Waals surface area contributed by atoms with Gasteiger partial charge >= 0.3 is 6.01 Å². The number of hydrogen-bond acceptors (Lipinski definition) is 8. The van der Waals surface area contributed by atoms with Gasteiger partial charge in [-0.2, -0.15) is 15.1 Å². The molecule has 2 atom stereocenters. The maximum absolute atomic E-state index is 16.5.